The monoisotopic (exact) mass is 486 g/mol. The number of nitro groups is 1. The van der Waals surface area contributed by atoms with Crippen LogP contribution in [-0.4, -0.2) is 41.8 Å². The third kappa shape index (κ3) is 7.45. The smallest absolute Gasteiger partial charge is 0.269 e. The van der Waals surface area contributed by atoms with Crippen LogP contribution in [0, 0.1) is 10.1 Å². The summed E-state index contributed by atoms with van der Waals surface area (Å²) >= 11 is 5.11. The first-order valence-electron chi connectivity index (χ1n) is 9.54. The van der Waals surface area contributed by atoms with Crippen molar-refractivity contribution >= 4 is 50.7 Å². The van der Waals surface area contributed by atoms with E-state index in [0.29, 0.717) is 11.3 Å². The van der Waals surface area contributed by atoms with Crippen molar-refractivity contribution < 1.29 is 18.1 Å². The van der Waals surface area contributed by atoms with Crippen LogP contribution in [0.15, 0.2) is 84.8 Å². The van der Waals surface area contributed by atoms with Gasteiger partial charge in [0.2, 0.25) is 15.9 Å². The molecule has 0 aliphatic heterocycles. The van der Waals surface area contributed by atoms with Crippen LogP contribution in [0.4, 0.5) is 11.4 Å². The molecule has 0 saturated carbocycles. The van der Waals surface area contributed by atoms with Crippen molar-refractivity contribution in [2.24, 2.45) is 0 Å². The van der Waals surface area contributed by atoms with E-state index in [-0.39, 0.29) is 28.8 Å². The molecule has 0 unspecified atom stereocenters. The second kappa shape index (κ2) is 11.8. The Kier molecular flexibility index (Phi) is 9.16. The molecule has 33 heavy (non-hydrogen) atoms. The number of carbonyl (C=O) groups is 1. The molecule has 0 fully saturated rings. The number of nitrogens with zero attached hydrogens (tertiary/aromatic N) is 2. The van der Waals surface area contributed by atoms with Crippen molar-refractivity contribution in [2.45, 2.75) is 4.90 Å². The molecular formula is C22H22N4O5S2. The highest BCUT2D eigenvalue weighted by atomic mass is 32.2. The Hall–Kier alpha value is -3.67. The van der Waals surface area contributed by atoms with Crippen LogP contribution in [0.3, 0.4) is 0 Å². The zero-order chi connectivity index (χ0) is 24.4. The summed E-state index contributed by atoms with van der Waals surface area (Å²) in [4.78, 5) is 22.3. The fraction of sp³-hybridized carbons (Fsp3) is 0.0909. The lowest BCUT2D eigenvalue weighted by Gasteiger charge is -2.19. The van der Waals surface area contributed by atoms with E-state index in [1.54, 1.807) is 0 Å². The summed E-state index contributed by atoms with van der Waals surface area (Å²) < 4.78 is 26.7. The molecule has 11 heteroatoms. The van der Waals surface area contributed by atoms with Crippen molar-refractivity contribution in [1.82, 2.24) is 9.62 Å². The summed E-state index contributed by atoms with van der Waals surface area (Å²) in [6, 6.07) is 11.6. The number of carbonyl (C=O) groups excluding carboxylic acids is 1. The predicted molar refractivity (Wildman–Crippen MR) is 132 cm³/mol. The standard InChI is InChI=1S/C22H22N4O5S2/c1-3-15-25(16-4-2)33(30,31)20-12-8-18(9-13-20)23-22(32)24-21(27)14-7-17-5-10-19(11-6-17)26(28)29/h3-14H,1-2,15-16H2,(H2,23,24,27,32)/b14-7+. The molecule has 0 aliphatic carbocycles. The van der Waals surface area contributed by atoms with Crippen LogP contribution in [0.25, 0.3) is 6.08 Å². The van der Waals surface area contributed by atoms with Gasteiger partial charge in [0.1, 0.15) is 0 Å². The molecule has 0 saturated heterocycles. The van der Waals surface area contributed by atoms with Crippen molar-refractivity contribution in [3.63, 3.8) is 0 Å². The van der Waals surface area contributed by atoms with E-state index in [4.69, 9.17) is 12.2 Å². The molecule has 0 heterocycles. The second-order valence-corrected chi connectivity index (χ2v) is 8.90. The molecule has 1 amide bonds. The number of nitrogens with one attached hydrogen (secondary N) is 2. The second-order valence-electron chi connectivity index (χ2n) is 6.55. The third-order valence-electron chi connectivity index (χ3n) is 4.18. The SMILES string of the molecule is C=CCN(CC=C)S(=O)(=O)c1ccc(NC(=S)NC(=O)/C=C/c2ccc([N+](=O)[O-])cc2)cc1. The summed E-state index contributed by atoms with van der Waals surface area (Å²) in [7, 11) is -3.72. The summed E-state index contributed by atoms with van der Waals surface area (Å²) in [5, 5.41) is 15.9. The van der Waals surface area contributed by atoms with Crippen LogP contribution >= 0.6 is 12.2 Å². The minimum atomic E-state index is -3.72. The Morgan fingerprint density at radius 1 is 1.06 bits per heavy atom. The minimum Gasteiger partial charge on any atom is -0.332 e. The normalized spacial score (nSPS) is 11.2. The summed E-state index contributed by atoms with van der Waals surface area (Å²) in [6.45, 7) is 7.45. The molecule has 172 valence electrons. The van der Waals surface area contributed by atoms with Crippen LogP contribution in [0.2, 0.25) is 0 Å². The van der Waals surface area contributed by atoms with Crippen LogP contribution in [-0.2, 0) is 14.8 Å². The summed E-state index contributed by atoms with van der Waals surface area (Å²) in [6.07, 6.45) is 5.71. The quantitative estimate of drug-likeness (QED) is 0.173. The number of benzene rings is 2. The summed E-state index contributed by atoms with van der Waals surface area (Å²) in [5.74, 6) is -0.505. The molecule has 0 bridgehead atoms. The molecule has 2 aromatic carbocycles. The Balaban J connectivity index is 1.97. The van der Waals surface area contributed by atoms with Crippen molar-refractivity contribution in [2.75, 3.05) is 18.4 Å². The van der Waals surface area contributed by atoms with Gasteiger partial charge in [-0.25, -0.2) is 8.42 Å². The van der Waals surface area contributed by atoms with Gasteiger partial charge in [0.05, 0.1) is 9.82 Å². The van der Waals surface area contributed by atoms with Crippen LogP contribution in [0.1, 0.15) is 5.56 Å². The van der Waals surface area contributed by atoms with Crippen LogP contribution in [0.5, 0.6) is 0 Å². The minimum absolute atomic E-state index is 0.0175. The highest BCUT2D eigenvalue weighted by molar-refractivity contribution is 7.89. The van der Waals surface area contributed by atoms with Gasteiger partial charge >= 0.3 is 0 Å². The van der Waals surface area contributed by atoms with Gasteiger partial charge in [-0.3, -0.25) is 20.2 Å². The fourth-order valence-corrected chi connectivity index (χ4v) is 4.21. The lowest BCUT2D eigenvalue weighted by atomic mass is 10.2. The highest BCUT2D eigenvalue weighted by Gasteiger charge is 2.22. The van der Waals surface area contributed by atoms with Gasteiger partial charge < -0.3 is 5.32 Å². The molecule has 9 nitrogen and oxygen atoms in total. The van der Waals surface area contributed by atoms with Crippen LogP contribution < -0.4 is 10.6 Å². The van der Waals surface area contributed by atoms with Crippen molar-refractivity contribution in [3.05, 3.63) is 95.6 Å². The van der Waals surface area contributed by atoms with Gasteiger partial charge in [-0.15, -0.1) is 13.2 Å². The molecule has 0 atom stereocenters. The zero-order valence-corrected chi connectivity index (χ0v) is 19.1. The number of amides is 1. The number of nitro benzene ring substituents is 1. The van der Waals surface area contributed by atoms with E-state index in [9.17, 15) is 23.3 Å². The van der Waals surface area contributed by atoms with E-state index in [0.717, 1.165) is 0 Å². The van der Waals surface area contributed by atoms with Crippen molar-refractivity contribution in [3.8, 4) is 0 Å². The molecule has 0 aromatic heterocycles. The molecule has 0 radical (unpaired) electrons. The van der Waals surface area contributed by atoms with Gasteiger partial charge in [-0.2, -0.15) is 4.31 Å². The lowest BCUT2D eigenvalue weighted by molar-refractivity contribution is -0.384. The van der Waals surface area contributed by atoms with Gasteiger partial charge in [0.15, 0.2) is 5.11 Å². The first-order chi connectivity index (χ1) is 15.7. The first kappa shape index (κ1) is 25.6. The van der Waals surface area contributed by atoms with Gasteiger partial charge in [0.25, 0.3) is 5.69 Å². The zero-order valence-electron chi connectivity index (χ0n) is 17.5. The van der Waals surface area contributed by atoms with Crippen molar-refractivity contribution in [1.29, 1.82) is 0 Å². The van der Waals surface area contributed by atoms with Gasteiger partial charge in [0, 0.05) is 37.0 Å². The Labute approximate surface area is 197 Å². The number of rotatable bonds is 10. The highest BCUT2D eigenvalue weighted by Crippen LogP contribution is 2.18. The topological polar surface area (TPSA) is 122 Å². The maximum atomic E-state index is 12.7. The fourth-order valence-electron chi connectivity index (χ4n) is 2.61. The number of non-ortho nitro benzene ring substituents is 1. The Morgan fingerprint density at radius 2 is 1.64 bits per heavy atom. The Morgan fingerprint density at radius 3 is 2.15 bits per heavy atom. The molecule has 2 N–H and O–H groups in total. The van der Waals surface area contributed by atoms with E-state index in [2.05, 4.69) is 23.8 Å². The number of hydrogen-bond acceptors (Lipinski definition) is 6. The lowest BCUT2D eigenvalue weighted by Crippen LogP contribution is -2.33. The molecular weight excluding hydrogens is 464 g/mol. The number of sulfonamides is 1. The van der Waals surface area contributed by atoms with Gasteiger partial charge in [-0.1, -0.05) is 12.2 Å². The number of anilines is 1. The van der Waals surface area contributed by atoms with Gasteiger partial charge in [-0.05, 0) is 60.3 Å². The predicted octanol–water partition coefficient (Wildman–Crippen LogP) is 3.48. The van der Waals surface area contributed by atoms with E-state index < -0.39 is 20.9 Å². The third-order valence-corrected chi connectivity index (χ3v) is 6.23. The molecule has 0 spiro atoms. The number of hydrogen-bond donors (Lipinski definition) is 2. The first-order valence-corrected chi connectivity index (χ1v) is 11.4. The maximum absolute atomic E-state index is 12.7. The maximum Gasteiger partial charge on any atom is 0.269 e. The molecule has 0 aliphatic rings. The molecule has 2 aromatic rings. The van der Waals surface area contributed by atoms with E-state index in [1.165, 1.54) is 77.1 Å². The molecule has 2 rings (SSSR count). The Bertz CT molecular complexity index is 1160. The summed E-state index contributed by atoms with van der Waals surface area (Å²) in [5.41, 5.74) is 1.04. The van der Waals surface area contributed by atoms with E-state index in [1.807, 2.05) is 0 Å². The average molecular weight is 487 g/mol. The van der Waals surface area contributed by atoms with E-state index >= 15 is 0 Å². The number of thiocarbonyl (C=S) groups is 1. The largest absolute Gasteiger partial charge is 0.332 e. The average Bonchev–Trinajstić information content (AvgIpc) is 2.78.